The first-order valence-corrected chi connectivity index (χ1v) is 5.46. The smallest absolute Gasteiger partial charge is 0.307 e. The van der Waals surface area contributed by atoms with Gasteiger partial charge in [0.15, 0.2) is 0 Å². The van der Waals surface area contributed by atoms with Gasteiger partial charge in [0.2, 0.25) is 0 Å². The minimum absolute atomic E-state index is 0.0611. The number of rotatable bonds is 3. The first kappa shape index (κ1) is 11.6. The predicted octanol–water partition coefficient (Wildman–Crippen LogP) is 3.03. The molecule has 0 saturated carbocycles. The van der Waals surface area contributed by atoms with Crippen LogP contribution in [0.25, 0.3) is 11.1 Å². The number of carbonyl (C=O) groups is 1. The van der Waals surface area contributed by atoms with E-state index >= 15 is 0 Å². The van der Waals surface area contributed by atoms with E-state index in [1.165, 1.54) is 6.20 Å². The Balaban J connectivity index is 2.51. The zero-order chi connectivity index (χ0) is 12.3. The van der Waals surface area contributed by atoms with Crippen molar-refractivity contribution in [3.8, 4) is 11.1 Å². The molecule has 0 aliphatic heterocycles. The Hall–Kier alpha value is -1.87. The number of hydrogen-bond acceptors (Lipinski definition) is 2. The van der Waals surface area contributed by atoms with Crippen molar-refractivity contribution in [2.24, 2.45) is 0 Å². The summed E-state index contributed by atoms with van der Waals surface area (Å²) in [7, 11) is 0. The molecule has 0 spiro atoms. The molecule has 1 aromatic heterocycles. The molecule has 2 aromatic rings. The van der Waals surface area contributed by atoms with Crippen molar-refractivity contribution in [1.82, 2.24) is 4.98 Å². The highest BCUT2D eigenvalue weighted by Crippen LogP contribution is 2.25. The van der Waals surface area contributed by atoms with E-state index in [0.717, 1.165) is 11.1 Å². The second-order valence-electron chi connectivity index (χ2n) is 3.60. The number of aromatic nitrogens is 1. The van der Waals surface area contributed by atoms with Gasteiger partial charge in [-0.3, -0.25) is 4.79 Å². The van der Waals surface area contributed by atoms with Gasteiger partial charge in [-0.05, 0) is 22.8 Å². The second kappa shape index (κ2) is 4.97. The van der Waals surface area contributed by atoms with Gasteiger partial charge in [-0.1, -0.05) is 41.9 Å². The summed E-state index contributed by atoms with van der Waals surface area (Å²) in [5, 5.41) is 9.21. The van der Waals surface area contributed by atoms with Crippen LogP contribution in [0, 0.1) is 0 Å². The number of pyridine rings is 1. The van der Waals surface area contributed by atoms with Gasteiger partial charge in [0.25, 0.3) is 0 Å². The Morgan fingerprint density at radius 3 is 2.65 bits per heavy atom. The van der Waals surface area contributed by atoms with Gasteiger partial charge in [0, 0.05) is 6.20 Å². The number of hydrogen-bond donors (Lipinski definition) is 1. The van der Waals surface area contributed by atoms with Crippen LogP contribution in [-0.2, 0) is 11.2 Å². The fraction of sp³-hybridized carbons (Fsp3) is 0.0769. The Morgan fingerprint density at radius 1 is 1.29 bits per heavy atom. The predicted molar refractivity (Wildman–Crippen MR) is 66.0 cm³/mol. The molecular weight excluding hydrogens is 238 g/mol. The molecule has 0 unspecified atom stereocenters. The van der Waals surface area contributed by atoms with E-state index in [2.05, 4.69) is 4.98 Å². The van der Waals surface area contributed by atoms with Gasteiger partial charge in [-0.25, -0.2) is 4.98 Å². The Morgan fingerprint density at radius 2 is 2.00 bits per heavy atom. The summed E-state index contributed by atoms with van der Waals surface area (Å²) in [5.41, 5.74) is 2.41. The summed E-state index contributed by atoms with van der Waals surface area (Å²) in [6.45, 7) is 0. The second-order valence-corrected chi connectivity index (χ2v) is 3.99. The minimum Gasteiger partial charge on any atom is -0.481 e. The summed E-state index contributed by atoms with van der Waals surface area (Å²) in [5.74, 6) is -0.883. The van der Waals surface area contributed by atoms with Crippen LogP contribution >= 0.6 is 11.6 Å². The third kappa shape index (κ3) is 2.82. The lowest BCUT2D eigenvalue weighted by atomic mass is 10.00. The zero-order valence-corrected chi connectivity index (χ0v) is 9.69. The van der Waals surface area contributed by atoms with Gasteiger partial charge in [-0.15, -0.1) is 0 Å². The summed E-state index contributed by atoms with van der Waals surface area (Å²) >= 11 is 5.84. The molecule has 0 aliphatic rings. The highest BCUT2D eigenvalue weighted by molar-refractivity contribution is 6.29. The van der Waals surface area contributed by atoms with Crippen molar-refractivity contribution in [3.05, 3.63) is 53.3 Å². The average Bonchev–Trinajstić information content (AvgIpc) is 2.32. The van der Waals surface area contributed by atoms with Crippen molar-refractivity contribution in [1.29, 1.82) is 0 Å². The van der Waals surface area contributed by atoms with Crippen molar-refractivity contribution in [2.45, 2.75) is 6.42 Å². The van der Waals surface area contributed by atoms with Gasteiger partial charge in [-0.2, -0.15) is 0 Å². The molecule has 1 aromatic carbocycles. The summed E-state index contributed by atoms with van der Waals surface area (Å²) in [6, 6.07) is 11.2. The SMILES string of the molecule is O=C(O)Cc1cnc(Cl)cc1-c1ccccc1. The molecule has 0 radical (unpaired) electrons. The van der Waals surface area contributed by atoms with E-state index in [9.17, 15) is 4.79 Å². The molecular formula is C13H10ClNO2. The van der Waals surface area contributed by atoms with Crippen molar-refractivity contribution in [2.75, 3.05) is 0 Å². The molecule has 4 heteroatoms. The summed E-state index contributed by atoms with van der Waals surface area (Å²) in [6.07, 6.45) is 1.45. The van der Waals surface area contributed by atoms with Crippen LogP contribution in [0.2, 0.25) is 5.15 Å². The number of aliphatic carboxylic acids is 1. The molecule has 17 heavy (non-hydrogen) atoms. The van der Waals surface area contributed by atoms with Crippen LogP contribution in [0.3, 0.4) is 0 Å². The quantitative estimate of drug-likeness (QED) is 0.849. The summed E-state index contributed by atoms with van der Waals surface area (Å²) < 4.78 is 0. The Kier molecular flexibility index (Phi) is 3.40. The van der Waals surface area contributed by atoms with Crippen molar-refractivity contribution < 1.29 is 9.90 Å². The standard InChI is InChI=1S/C13H10ClNO2/c14-12-7-11(9-4-2-1-3-5-9)10(8-15-12)6-13(16)17/h1-5,7-8H,6H2,(H,16,17). The third-order valence-electron chi connectivity index (χ3n) is 2.38. The van der Waals surface area contributed by atoms with E-state index in [1.54, 1.807) is 6.07 Å². The van der Waals surface area contributed by atoms with Gasteiger partial charge < -0.3 is 5.11 Å². The zero-order valence-electron chi connectivity index (χ0n) is 8.93. The lowest BCUT2D eigenvalue weighted by Crippen LogP contribution is -2.02. The van der Waals surface area contributed by atoms with Crippen LogP contribution in [0.15, 0.2) is 42.6 Å². The van der Waals surface area contributed by atoms with E-state index in [0.29, 0.717) is 10.7 Å². The normalized spacial score (nSPS) is 10.2. The molecule has 0 bridgehead atoms. The largest absolute Gasteiger partial charge is 0.481 e. The van der Waals surface area contributed by atoms with Crippen LogP contribution in [0.5, 0.6) is 0 Å². The van der Waals surface area contributed by atoms with Gasteiger partial charge >= 0.3 is 5.97 Å². The Bertz CT molecular complexity index is 540. The lowest BCUT2D eigenvalue weighted by Gasteiger charge is -2.07. The fourth-order valence-corrected chi connectivity index (χ4v) is 1.81. The molecule has 1 heterocycles. The molecule has 3 nitrogen and oxygen atoms in total. The number of benzene rings is 1. The van der Waals surface area contributed by atoms with E-state index in [-0.39, 0.29) is 6.42 Å². The van der Waals surface area contributed by atoms with Crippen molar-refractivity contribution in [3.63, 3.8) is 0 Å². The lowest BCUT2D eigenvalue weighted by molar-refractivity contribution is -0.136. The van der Waals surface area contributed by atoms with E-state index in [4.69, 9.17) is 16.7 Å². The summed E-state index contributed by atoms with van der Waals surface area (Å²) in [4.78, 5) is 14.7. The van der Waals surface area contributed by atoms with Gasteiger partial charge in [0.05, 0.1) is 6.42 Å². The van der Waals surface area contributed by atoms with Gasteiger partial charge in [0.1, 0.15) is 5.15 Å². The minimum atomic E-state index is -0.883. The maximum Gasteiger partial charge on any atom is 0.307 e. The van der Waals surface area contributed by atoms with Crippen LogP contribution in [-0.4, -0.2) is 16.1 Å². The molecule has 0 amide bonds. The number of halogens is 1. The van der Waals surface area contributed by atoms with E-state index < -0.39 is 5.97 Å². The monoisotopic (exact) mass is 247 g/mol. The maximum atomic E-state index is 10.8. The van der Waals surface area contributed by atoms with Crippen LogP contribution in [0.1, 0.15) is 5.56 Å². The topological polar surface area (TPSA) is 50.2 Å². The van der Waals surface area contributed by atoms with Crippen LogP contribution in [0.4, 0.5) is 0 Å². The third-order valence-corrected chi connectivity index (χ3v) is 2.59. The molecule has 1 N–H and O–H groups in total. The number of carboxylic acid groups (broad SMARTS) is 1. The first-order chi connectivity index (χ1) is 8.16. The van der Waals surface area contributed by atoms with Crippen LogP contribution < -0.4 is 0 Å². The number of carboxylic acids is 1. The number of nitrogens with zero attached hydrogens (tertiary/aromatic N) is 1. The Labute approximate surface area is 104 Å². The fourth-order valence-electron chi connectivity index (χ4n) is 1.65. The maximum absolute atomic E-state index is 10.8. The first-order valence-electron chi connectivity index (χ1n) is 5.08. The molecule has 0 fully saturated rings. The highest BCUT2D eigenvalue weighted by atomic mass is 35.5. The van der Waals surface area contributed by atoms with Crippen molar-refractivity contribution >= 4 is 17.6 Å². The van der Waals surface area contributed by atoms with E-state index in [1.807, 2.05) is 30.3 Å². The molecule has 86 valence electrons. The molecule has 0 atom stereocenters. The molecule has 2 rings (SSSR count). The highest BCUT2D eigenvalue weighted by Gasteiger charge is 2.09. The molecule has 0 saturated heterocycles. The average molecular weight is 248 g/mol. The molecule has 0 aliphatic carbocycles.